The van der Waals surface area contributed by atoms with E-state index in [4.69, 9.17) is 9.47 Å². The van der Waals surface area contributed by atoms with Gasteiger partial charge >= 0.3 is 5.69 Å². The molecule has 1 N–H and O–H groups in total. The summed E-state index contributed by atoms with van der Waals surface area (Å²) >= 11 is 0. The lowest BCUT2D eigenvalue weighted by Crippen LogP contribution is -2.44. The van der Waals surface area contributed by atoms with Gasteiger partial charge in [-0.05, 0) is 62.5 Å². The van der Waals surface area contributed by atoms with Crippen LogP contribution in [0.15, 0.2) is 53.3 Å². The van der Waals surface area contributed by atoms with Gasteiger partial charge < -0.3 is 14.5 Å². The molecule has 0 radical (unpaired) electrons. The Morgan fingerprint density at radius 2 is 1.76 bits per heavy atom. The summed E-state index contributed by atoms with van der Waals surface area (Å²) in [6, 6.07) is 15.8. The van der Waals surface area contributed by atoms with E-state index in [1.165, 1.54) is 12.8 Å². The molecule has 2 aliphatic rings. The zero-order valence-corrected chi connectivity index (χ0v) is 16.5. The maximum atomic E-state index is 12.2. The Morgan fingerprint density at radius 3 is 2.62 bits per heavy atom. The normalized spacial score (nSPS) is 20.2. The summed E-state index contributed by atoms with van der Waals surface area (Å²) in [5.41, 5.74) is 1.92. The number of ether oxygens (including phenoxy) is 2. The number of H-pyrrole nitrogens is 1. The third-order valence-corrected chi connectivity index (χ3v) is 6.18. The van der Waals surface area contributed by atoms with Crippen LogP contribution in [0.4, 0.5) is 0 Å². The van der Waals surface area contributed by atoms with Crippen LogP contribution in [-0.4, -0.2) is 46.8 Å². The van der Waals surface area contributed by atoms with Crippen LogP contribution in [0.3, 0.4) is 0 Å². The van der Waals surface area contributed by atoms with Crippen LogP contribution in [0.25, 0.3) is 11.0 Å². The predicted molar refractivity (Wildman–Crippen MR) is 113 cm³/mol. The minimum atomic E-state index is -0.00151. The second kappa shape index (κ2) is 7.95. The first-order valence-electron chi connectivity index (χ1n) is 10.5. The van der Waals surface area contributed by atoms with Gasteiger partial charge in [-0.1, -0.05) is 24.3 Å². The van der Waals surface area contributed by atoms with Crippen molar-refractivity contribution in [3.8, 4) is 11.5 Å². The zero-order chi connectivity index (χ0) is 19.6. The van der Waals surface area contributed by atoms with Crippen molar-refractivity contribution in [3.63, 3.8) is 0 Å². The standard InChI is InChI=1S/C23H27N3O3/c27-23-24-19-5-1-2-6-20(19)26(23)14-11-17-9-12-25(13-10-17)15-18-16-28-21-7-3-4-8-22(21)29-18/h1-8,17-18H,9-16H2,(H,24,27). The summed E-state index contributed by atoms with van der Waals surface area (Å²) in [5.74, 6) is 2.36. The van der Waals surface area contributed by atoms with Crippen LogP contribution < -0.4 is 15.2 Å². The molecule has 1 saturated heterocycles. The molecule has 152 valence electrons. The zero-order valence-electron chi connectivity index (χ0n) is 16.5. The van der Waals surface area contributed by atoms with Gasteiger partial charge in [0.1, 0.15) is 12.7 Å². The topological polar surface area (TPSA) is 59.5 Å². The van der Waals surface area contributed by atoms with E-state index in [1.54, 1.807) is 0 Å². The lowest BCUT2D eigenvalue weighted by molar-refractivity contribution is 0.0470. The third-order valence-electron chi connectivity index (χ3n) is 6.18. The molecule has 3 heterocycles. The molecule has 1 unspecified atom stereocenters. The minimum absolute atomic E-state index is 0.00151. The summed E-state index contributed by atoms with van der Waals surface area (Å²) < 4.78 is 13.8. The Bertz CT molecular complexity index is 1030. The van der Waals surface area contributed by atoms with Gasteiger partial charge in [0.05, 0.1) is 11.0 Å². The van der Waals surface area contributed by atoms with Gasteiger partial charge in [-0.25, -0.2) is 4.79 Å². The Hall–Kier alpha value is -2.73. The fourth-order valence-corrected chi connectivity index (χ4v) is 4.54. The predicted octanol–water partition coefficient (Wildman–Crippen LogP) is 3.27. The van der Waals surface area contributed by atoms with E-state index < -0.39 is 0 Å². The van der Waals surface area contributed by atoms with Crippen molar-refractivity contribution in [1.82, 2.24) is 14.5 Å². The van der Waals surface area contributed by atoms with Crippen LogP contribution in [0.5, 0.6) is 11.5 Å². The molecule has 5 rings (SSSR count). The molecule has 1 atom stereocenters. The number of hydrogen-bond acceptors (Lipinski definition) is 4. The molecule has 6 nitrogen and oxygen atoms in total. The fraction of sp³-hybridized carbons (Fsp3) is 0.435. The quantitative estimate of drug-likeness (QED) is 0.723. The molecule has 0 saturated carbocycles. The van der Waals surface area contributed by atoms with Gasteiger partial charge in [-0.3, -0.25) is 9.47 Å². The SMILES string of the molecule is O=c1[nH]c2ccccc2n1CCC1CCN(CC2COc3ccccc3O2)CC1. The van der Waals surface area contributed by atoms with Gasteiger partial charge in [0.15, 0.2) is 11.5 Å². The highest BCUT2D eigenvalue weighted by Gasteiger charge is 2.26. The van der Waals surface area contributed by atoms with Crippen LogP contribution in [0, 0.1) is 5.92 Å². The number of imidazole rings is 1. The lowest BCUT2D eigenvalue weighted by atomic mass is 9.93. The van der Waals surface area contributed by atoms with Crippen molar-refractivity contribution in [1.29, 1.82) is 0 Å². The summed E-state index contributed by atoms with van der Waals surface area (Å²) in [6.45, 7) is 4.46. The van der Waals surface area contributed by atoms with Gasteiger partial charge in [-0.2, -0.15) is 0 Å². The first-order valence-corrected chi connectivity index (χ1v) is 10.5. The monoisotopic (exact) mass is 393 g/mol. The van der Waals surface area contributed by atoms with Crippen LogP contribution in [0.1, 0.15) is 19.3 Å². The number of rotatable bonds is 5. The molecule has 2 aromatic carbocycles. The Morgan fingerprint density at radius 1 is 1.00 bits per heavy atom. The van der Waals surface area contributed by atoms with E-state index in [-0.39, 0.29) is 11.8 Å². The van der Waals surface area contributed by atoms with E-state index in [0.717, 1.165) is 55.1 Å². The molecule has 0 amide bonds. The fourth-order valence-electron chi connectivity index (χ4n) is 4.54. The molecule has 29 heavy (non-hydrogen) atoms. The van der Waals surface area contributed by atoms with Gasteiger partial charge in [0, 0.05) is 13.1 Å². The number of piperidine rings is 1. The number of fused-ring (bicyclic) bond motifs is 2. The number of para-hydroxylation sites is 4. The molecule has 3 aromatic rings. The number of aryl methyl sites for hydroxylation is 1. The minimum Gasteiger partial charge on any atom is -0.486 e. The molecule has 1 aromatic heterocycles. The third kappa shape index (κ3) is 3.90. The molecule has 1 fully saturated rings. The van der Waals surface area contributed by atoms with Crippen molar-refractivity contribution in [2.24, 2.45) is 5.92 Å². The van der Waals surface area contributed by atoms with Crippen molar-refractivity contribution in [3.05, 3.63) is 59.0 Å². The number of aromatic amines is 1. The Labute approximate surface area is 170 Å². The van der Waals surface area contributed by atoms with E-state index >= 15 is 0 Å². The molecule has 0 aliphatic carbocycles. The van der Waals surface area contributed by atoms with Crippen molar-refractivity contribution >= 4 is 11.0 Å². The highest BCUT2D eigenvalue weighted by molar-refractivity contribution is 5.74. The molecule has 2 aliphatic heterocycles. The molecule has 0 spiro atoms. The maximum absolute atomic E-state index is 12.2. The Balaban J connectivity index is 1.12. The number of hydrogen-bond donors (Lipinski definition) is 1. The average molecular weight is 393 g/mol. The molecule has 0 bridgehead atoms. The lowest BCUT2D eigenvalue weighted by Gasteiger charge is -2.35. The largest absolute Gasteiger partial charge is 0.486 e. The first-order chi connectivity index (χ1) is 14.3. The molecular formula is C23H27N3O3. The van der Waals surface area contributed by atoms with E-state index in [9.17, 15) is 4.79 Å². The second-order valence-electron chi connectivity index (χ2n) is 8.13. The summed E-state index contributed by atoms with van der Waals surface area (Å²) in [6.07, 6.45) is 3.47. The van der Waals surface area contributed by atoms with Gasteiger partial charge in [0.25, 0.3) is 0 Å². The smallest absolute Gasteiger partial charge is 0.326 e. The summed E-state index contributed by atoms with van der Waals surface area (Å²) in [7, 11) is 0. The van der Waals surface area contributed by atoms with E-state index in [2.05, 4.69) is 9.88 Å². The van der Waals surface area contributed by atoms with Crippen LogP contribution in [0.2, 0.25) is 0 Å². The van der Waals surface area contributed by atoms with Crippen LogP contribution in [-0.2, 0) is 6.54 Å². The number of nitrogens with zero attached hydrogens (tertiary/aromatic N) is 2. The van der Waals surface area contributed by atoms with Gasteiger partial charge in [-0.15, -0.1) is 0 Å². The van der Waals surface area contributed by atoms with Gasteiger partial charge in [0.2, 0.25) is 0 Å². The first kappa shape index (κ1) is 18.3. The molecular weight excluding hydrogens is 366 g/mol. The highest BCUT2D eigenvalue weighted by atomic mass is 16.6. The van der Waals surface area contributed by atoms with Crippen LogP contribution >= 0.6 is 0 Å². The number of nitrogens with one attached hydrogen (secondary N) is 1. The second-order valence-corrected chi connectivity index (χ2v) is 8.13. The Kier molecular flexibility index (Phi) is 5.02. The van der Waals surface area contributed by atoms with E-state index in [1.807, 2.05) is 53.1 Å². The maximum Gasteiger partial charge on any atom is 0.326 e. The summed E-state index contributed by atoms with van der Waals surface area (Å²) in [5, 5.41) is 0. The van der Waals surface area contributed by atoms with Crippen molar-refractivity contribution < 1.29 is 9.47 Å². The average Bonchev–Trinajstić information content (AvgIpc) is 3.08. The molecule has 6 heteroatoms. The summed E-state index contributed by atoms with van der Waals surface area (Å²) in [4.78, 5) is 17.7. The number of aromatic nitrogens is 2. The number of benzene rings is 2. The number of likely N-dealkylation sites (tertiary alicyclic amines) is 1. The van der Waals surface area contributed by atoms with Crippen molar-refractivity contribution in [2.75, 3.05) is 26.2 Å². The van der Waals surface area contributed by atoms with E-state index in [0.29, 0.717) is 12.5 Å². The van der Waals surface area contributed by atoms with Crippen molar-refractivity contribution in [2.45, 2.75) is 31.9 Å². The highest BCUT2D eigenvalue weighted by Crippen LogP contribution is 2.31.